The molecule has 1 aliphatic rings. The summed E-state index contributed by atoms with van der Waals surface area (Å²) in [4.78, 5) is 15.2. The minimum absolute atomic E-state index is 0.0101. The lowest BCUT2D eigenvalue weighted by molar-refractivity contribution is 0.222. The number of nitrogens with zero attached hydrogens (tertiary/aromatic N) is 4. The van der Waals surface area contributed by atoms with Crippen LogP contribution < -0.4 is 20.9 Å². The number of hydrogen-bond acceptors (Lipinski definition) is 7. The lowest BCUT2D eigenvalue weighted by Gasteiger charge is -2.24. The molecule has 1 aromatic rings. The third-order valence-corrected chi connectivity index (χ3v) is 3.27. The molecule has 3 N–H and O–H groups in total. The highest BCUT2D eigenvalue weighted by atomic mass is 16.5. The number of anilines is 2. The van der Waals surface area contributed by atoms with Gasteiger partial charge in [0.25, 0.3) is 0 Å². The second-order valence-electron chi connectivity index (χ2n) is 6.16. The van der Waals surface area contributed by atoms with Gasteiger partial charge >= 0.3 is 6.01 Å². The topological polar surface area (TPSA) is 89.2 Å². The molecule has 0 aromatic carbocycles. The van der Waals surface area contributed by atoms with Gasteiger partial charge < -0.3 is 9.64 Å². The van der Waals surface area contributed by atoms with Gasteiger partial charge in [0.2, 0.25) is 11.9 Å². The zero-order valence-electron chi connectivity index (χ0n) is 13.3. The quantitative estimate of drug-likeness (QED) is 0.559. The molecular formula is C14H26N6O. The Morgan fingerprint density at radius 3 is 2.48 bits per heavy atom. The van der Waals surface area contributed by atoms with Crippen molar-refractivity contribution in [1.29, 1.82) is 0 Å². The summed E-state index contributed by atoms with van der Waals surface area (Å²) < 4.78 is 5.59. The van der Waals surface area contributed by atoms with Crippen molar-refractivity contribution >= 4 is 11.9 Å². The zero-order valence-corrected chi connectivity index (χ0v) is 13.3. The molecule has 1 aliphatic carbocycles. The fourth-order valence-electron chi connectivity index (χ4n) is 2.03. The van der Waals surface area contributed by atoms with Crippen molar-refractivity contribution in [1.82, 2.24) is 15.0 Å². The highest BCUT2D eigenvalue weighted by molar-refractivity contribution is 5.40. The molecule has 0 saturated heterocycles. The lowest BCUT2D eigenvalue weighted by atomic mass is 10.1. The normalized spacial score (nSPS) is 14.6. The Bertz CT molecular complexity index is 461. The first-order valence-electron chi connectivity index (χ1n) is 7.65. The van der Waals surface area contributed by atoms with Gasteiger partial charge in [-0.1, -0.05) is 13.8 Å². The van der Waals surface area contributed by atoms with Crippen LogP contribution in [-0.4, -0.2) is 33.6 Å². The number of ether oxygens (including phenoxy) is 1. The number of rotatable bonds is 8. The summed E-state index contributed by atoms with van der Waals surface area (Å²) >= 11 is 0. The van der Waals surface area contributed by atoms with E-state index in [1.165, 1.54) is 12.8 Å². The maximum Gasteiger partial charge on any atom is 0.323 e. The van der Waals surface area contributed by atoms with E-state index in [4.69, 9.17) is 10.6 Å². The van der Waals surface area contributed by atoms with Crippen molar-refractivity contribution in [2.24, 2.45) is 11.8 Å². The van der Waals surface area contributed by atoms with Crippen molar-refractivity contribution < 1.29 is 4.74 Å². The van der Waals surface area contributed by atoms with E-state index in [-0.39, 0.29) is 6.10 Å². The molecule has 2 rings (SSSR count). The molecule has 21 heavy (non-hydrogen) atoms. The molecule has 0 spiro atoms. The lowest BCUT2D eigenvalue weighted by Crippen LogP contribution is -2.30. The van der Waals surface area contributed by atoms with Gasteiger partial charge in [0.1, 0.15) is 0 Å². The minimum atomic E-state index is 0.0101. The summed E-state index contributed by atoms with van der Waals surface area (Å²) in [6.45, 7) is 9.27. The number of nitrogens with one attached hydrogen (secondary N) is 1. The number of hydrazine groups is 1. The smallest absolute Gasteiger partial charge is 0.323 e. The Labute approximate surface area is 126 Å². The van der Waals surface area contributed by atoms with E-state index in [0.717, 1.165) is 13.0 Å². The monoisotopic (exact) mass is 294 g/mol. The van der Waals surface area contributed by atoms with Crippen LogP contribution in [0.2, 0.25) is 0 Å². The number of nitrogen functional groups attached to an aromatic ring is 1. The molecule has 0 atom stereocenters. The largest absolute Gasteiger partial charge is 0.461 e. The summed E-state index contributed by atoms with van der Waals surface area (Å²) in [5.74, 6) is 7.09. The van der Waals surface area contributed by atoms with Crippen LogP contribution in [0.3, 0.4) is 0 Å². The molecule has 0 aliphatic heterocycles. The standard InChI is InChI=1S/C14H26N6O/c1-9(2)7-8-20(11-5-6-11)13-16-12(19-15)17-14(18-13)21-10(3)4/h9-11H,5-8,15H2,1-4H3,(H,16,17,18,19). The fraction of sp³-hybridized carbons (Fsp3) is 0.786. The maximum absolute atomic E-state index is 5.59. The molecule has 0 bridgehead atoms. The number of hydrogen-bond donors (Lipinski definition) is 2. The van der Waals surface area contributed by atoms with E-state index in [9.17, 15) is 0 Å². The van der Waals surface area contributed by atoms with Crippen LogP contribution >= 0.6 is 0 Å². The first kappa shape index (κ1) is 15.8. The predicted molar refractivity (Wildman–Crippen MR) is 83.2 cm³/mol. The molecule has 0 radical (unpaired) electrons. The Morgan fingerprint density at radius 1 is 1.24 bits per heavy atom. The molecule has 1 heterocycles. The highest BCUT2D eigenvalue weighted by Gasteiger charge is 2.31. The third-order valence-electron chi connectivity index (χ3n) is 3.27. The first-order chi connectivity index (χ1) is 9.99. The van der Waals surface area contributed by atoms with E-state index in [1.54, 1.807) is 0 Å². The molecule has 7 heteroatoms. The molecule has 0 unspecified atom stereocenters. The SMILES string of the molecule is CC(C)CCN(c1nc(NN)nc(OC(C)C)n1)C1CC1. The second kappa shape index (κ2) is 6.89. The molecular weight excluding hydrogens is 268 g/mol. The molecule has 1 saturated carbocycles. The van der Waals surface area contributed by atoms with Crippen LogP contribution in [0.4, 0.5) is 11.9 Å². The van der Waals surface area contributed by atoms with E-state index >= 15 is 0 Å². The van der Waals surface area contributed by atoms with E-state index in [2.05, 4.69) is 39.1 Å². The van der Waals surface area contributed by atoms with Gasteiger partial charge in [-0.15, -0.1) is 0 Å². The Morgan fingerprint density at radius 2 is 1.95 bits per heavy atom. The van der Waals surface area contributed by atoms with Gasteiger partial charge in [0.15, 0.2) is 0 Å². The highest BCUT2D eigenvalue weighted by Crippen LogP contribution is 2.31. The zero-order chi connectivity index (χ0) is 15.4. The van der Waals surface area contributed by atoms with Crippen LogP contribution in [0, 0.1) is 5.92 Å². The van der Waals surface area contributed by atoms with Gasteiger partial charge in [-0.05, 0) is 39.0 Å². The van der Waals surface area contributed by atoms with Crippen molar-refractivity contribution in [2.75, 3.05) is 16.9 Å². The van der Waals surface area contributed by atoms with Gasteiger partial charge in [-0.2, -0.15) is 15.0 Å². The Kier molecular flexibility index (Phi) is 5.17. The van der Waals surface area contributed by atoms with Gasteiger partial charge in [0.05, 0.1) is 6.10 Å². The molecule has 1 fully saturated rings. The Balaban J connectivity index is 2.21. The van der Waals surface area contributed by atoms with E-state index < -0.39 is 0 Å². The number of nitrogens with two attached hydrogens (primary N) is 1. The first-order valence-corrected chi connectivity index (χ1v) is 7.65. The van der Waals surface area contributed by atoms with Crippen LogP contribution in [0.25, 0.3) is 0 Å². The summed E-state index contributed by atoms with van der Waals surface area (Å²) in [6.07, 6.45) is 3.50. The van der Waals surface area contributed by atoms with Crippen molar-refractivity contribution in [3.8, 4) is 6.01 Å². The summed E-state index contributed by atoms with van der Waals surface area (Å²) in [7, 11) is 0. The average Bonchev–Trinajstić information content (AvgIpc) is 3.22. The van der Waals surface area contributed by atoms with Crippen molar-refractivity contribution in [3.05, 3.63) is 0 Å². The Hall–Kier alpha value is -1.63. The maximum atomic E-state index is 5.59. The second-order valence-corrected chi connectivity index (χ2v) is 6.16. The molecule has 7 nitrogen and oxygen atoms in total. The summed E-state index contributed by atoms with van der Waals surface area (Å²) in [5, 5.41) is 0. The van der Waals surface area contributed by atoms with E-state index in [1.807, 2.05) is 13.8 Å². The van der Waals surface area contributed by atoms with E-state index in [0.29, 0.717) is 29.9 Å². The average molecular weight is 294 g/mol. The van der Waals surface area contributed by atoms with Crippen molar-refractivity contribution in [3.63, 3.8) is 0 Å². The molecule has 1 aromatic heterocycles. The van der Waals surface area contributed by atoms with Gasteiger partial charge in [-0.25, -0.2) is 5.84 Å². The van der Waals surface area contributed by atoms with Gasteiger partial charge in [-0.3, -0.25) is 5.43 Å². The molecule has 0 amide bonds. The fourth-order valence-corrected chi connectivity index (χ4v) is 2.03. The summed E-state index contributed by atoms with van der Waals surface area (Å²) in [6, 6.07) is 0.849. The number of aromatic nitrogens is 3. The molecule has 118 valence electrons. The van der Waals surface area contributed by atoms with Gasteiger partial charge in [0, 0.05) is 12.6 Å². The van der Waals surface area contributed by atoms with Crippen LogP contribution in [0.15, 0.2) is 0 Å². The van der Waals surface area contributed by atoms with Crippen LogP contribution in [0.5, 0.6) is 6.01 Å². The minimum Gasteiger partial charge on any atom is -0.461 e. The predicted octanol–water partition coefficient (Wildman–Crippen LogP) is 1.96. The van der Waals surface area contributed by atoms with Crippen LogP contribution in [-0.2, 0) is 0 Å². The van der Waals surface area contributed by atoms with Crippen LogP contribution in [0.1, 0.15) is 47.0 Å². The third kappa shape index (κ3) is 4.70. The van der Waals surface area contributed by atoms with Crippen molar-refractivity contribution in [2.45, 2.75) is 59.1 Å². The summed E-state index contributed by atoms with van der Waals surface area (Å²) in [5.41, 5.74) is 2.49.